The Morgan fingerprint density at radius 2 is 1.17 bits per heavy atom. The first-order chi connectivity index (χ1) is 22.1. The molecule has 2 aliphatic heterocycles. The largest absolute Gasteiger partial charge is 0.444 e. The van der Waals surface area contributed by atoms with Crippen LogP contribution in [0, 0.1) is 11.8 Å². The molecule has 11 heteroatoms. The van der Waals surface area contributed by atoms with E-state index in [0.29, 0.717) is 24.9 Å². The second-order valence-corrected chi connectivity index (χ2v) is 16.2. The van der Waals surface area contributed by atoms with E-state index in [1.54, 1.807) is 21.1 Å². The number of carbonyl (C=O) groups excluding carboxylic acids is 2. The van der Waals surface area contributed by atoms with Gasteiger partial charge in [-0.15, -0.1) is 11.3 Å². The third-order valence-corrected chi connectivity index (χ3v) is 9.62. The van der Waals surface area contributed by atoms with Crippen molar-refractivity contribution in [2.24, 2.45) is 11.8 Å². The maximum absolute atomic E-state index is 12.9. The molecule has 5 heterocycles. The van der Waals surface area contributed by atoms with Crippen LogP contribution in [0.4, 0.5) is 9.59 Å². The van der Waals surface area contributed by atoms with Gasteiger partial charge in [0.2, 0.25) is 0 Å². The second-order valence-electron chi connectivity index (χ2n) is 15.1. The molecule has 4 atom stereocenters. The first-order valence-corrected chi connectivity index (χ1v) is 17.3. The first kappa shape index (κ1) is 32.8. The number of likely N-dealkylation sites (tertiary alicyclic amines) is 2. The smallest absolute Gasteiger partial charge is 0.410 e. The number of amides is 2. The van der Waals surface area contributed by atoms with Gasteiger partial charge >= 0.3 is 12.2 Å². The van der Waals surface area contributed by atoms with E-state index in [4.69, 9.17) is 14.5 Å². The van der Waals surface area contributed by atoms with Crippen LogP contribution in [0.1, 0.15) is 94.8 Å². The number of thiophene rings is 1. The minimum Gasteiger partial charge on any atom is -0.444 e. The van der Waals surface area contributed by atoms with E-state index in [-0.39, 0.29) is 27.1 Å². The zero-order chi connectivity index (χ0) is 33.7. The van der Waals surface area contributed by atoms with Gasteiger partial charge in [-0.25, -0.2) is 19.6 Å². The Bertz CT molecular complexity index is 1740. The van der Waals surface area contributed by atoms with Gasteiger partial charge in [-0.2, -0.15) is 0 Å². The van der Waals surface area contributed by atoms with Crippen molar-refractivity contribution in [1.29, 1.82) is 0 Å². The van der Waals surface area contributed by atoms with Gasteiger partial charge in [0, 0.05) is 20.8 Å². The molecule has 2 saturated heterocycles. The fourth-order valence-electron chi connectivity index (χ4n) is 6.39. The van der Waals surface area contributed by atoms with Crippen LogP contribution >= 0.6 is 11.3 Å². The van der Waals surface area contributed by atoms with E-state index in [1.807, 2.05) is 53.9 Å². The molecule has 10 nitrogen and oxygen atoms in total. The van der Waals surface area contributed by atoms with Crippen LogP contribution in [0.15, 0.2) is 48.8 Å². The Morgan fingerprint density at radius 3 is 1.68 bits per heavy atom. The molecule has 3 aromatic heterocycles. The Kier molecular flexibility index (Phi) is 8.71. The van der Waals surface area contributed by atoms with Crippen molar-refractivity contribution in [3.05, 3.63) is 60.4 Å². The van der Waals surface area contributed by atoms with Crippen LogP contribution in [-0.4, -0.2) is 66.2 Å². The van der Waals surface area contributed by atoms with Crippen molar-refractivity contribution in [3.63, 3.8) is 0 Å². The zero-order valence-corrected chi connectivity index (χ0v) is 29.4. The van der Waals surface area contributed by atoms with Crippen LogP contribution in [0.3, 0.4) is 0 Å². The van der Waals surface area contributed by atoms with Crippen LogP contribution < -0.4 is 0 Å². The summed E-state index contributed by atoms with van der Waals surface area (Å²) < 4.78 is 11.4. The quantitative estimate of drug-likeness (QED) is 0.220. The SMILES string of the molecule is C[C@H]1C[C@@H](c2ncc(-c3ccc(-c4ccc(-c5cnc([C@@H]6C[C@H](C)CN6C(=O)OC(C)(C)C)[nH]5)s4)cc3)[nH]2)N(C(=O)OC(C)(C)C)C1.[HH].[HH]. The van der Waals surface area contributed by atoms with Crippen LogP contribution in [0.2, 0.25) is 0 Å². The predicted molar refractivity (Wildman–Crippen MR) is 188 cm³/mol. The van der Waals surface area contributed by atoms with Gasteiger partial charge in [0.1, 0.15) is 22.9 Å². The van der Waals surface area contributed by atoms with Gasteiger partial charge in [0.15, 0.2) is 0 Å². The third kappa shape index (κ3) is 7.40. The molecular weight excluding hydrogens is 613 g/mol. The van der Waals surface area contributed by atoms with Gasteiger partial charge < -0.3 is 19.4 Å². The monoisotopic (exact) mass is 662 g/mol. The molecule has 0 saturated carbocycles. The molecule has 0 radical (unpaired) electrons. The van der Waals surface area contributed by atoms with Crippen molar-refractivity contribution in [1.82, 2.24) is 29.7 Å². The first-order valence-electron chi connectivity index (χ1n) is 16.4. The van der Waals surface area contributed by atoms with Crippen molar-refractivity contribution in [2.45, 2.75) is 91.5 Å². The zero-order valence-electron chi connectivity index (χ0n) is 28.6. The van der Waals surface area contributed by atoms with E-state index in [9.17, 15) is 9.59 Å². The molecule has 0 unspecified atom stereocenters. The number of aromatic nitrogens is 4. The molecule has 2 aliphatic rings. The summed E-state index contributed by atoms with van der Waals surface area (Å²) in [6.07, 6.45) is 4.78. The van der Waals surface area contributed by atoms with Gasteiger partial charge in [-0.1, -0.05) is 38.1 Å². The number of aromatic amines is 2. The Balaban J connectivity index is 0.00000270. The molecule has 4 aromatic rings. The number of hydrogen-bond acceptors (Lipinski definition) is 7. The average molecular weight is 663 g/mol. The Labute approximate surface area is 283 Å². The van der Waals surface area contributed by atoms with E-state index in [0.717, 1.165) is 56.8 Å². The Hall–Kier alpha value is -4.12. The molecule has 47 heavy (non-hydrogen) atoms. The van der Waals surface area contributed by atoms with Gasteiger partial charge in [-0.05, 0) is 89.5 Å². The molecule has 0 aliphatic carbocycles. The highest BCUT2D eigenvalue weighted by Gasteiger charge is 2.39. The number of carbonyl (C=O) groups is 2. The molecule has 1 aromatic carbocycles. The molecule has 2 N–H and O–H groups in total. The molecule has 0 spiro atoms. The number of rotatable bonds is 5. The lowest BCUT2D eigenvalue weighted by Gasteiger charge is -2.27. The highest BCUT2D eigenvalue weighted by molar-refractivity contribution is 7.18. The Morgan fingerprint density at radius 1 is 0.723 bits per heavy atom. The fourth-order valence-corrected chi connectivity index (χ4v) is 7.37. The lowest BCUT2D eigenvalue weighted by molar-refractivity contribution is 0.0204. The summed E-state index contributed by atoms with van der Waals surface area (Å²) in [6, 6.07) is 12.4. The normalized spacial score (nSPS) is 21.8. The summed E-state index contributed by atoms with van der Waals surface area (Å²) in [7, 11) is 0. The summed E-state index contributed by atoms with van der Waals surface area (Å²) in [4.78, 5) is 48.0. The van der Waals surface area contributed by atoms with Crippen LogP contribution in [0.25, 0.3) is 32.3 Å². The molecule has 2 amide bonds. The predicted octanol–water partition coefficient (Wildman–Crippen LogP) is 9.32. The maximum Gasteiger partial charge on any atom is 0.410 e. The van der Waals surface area contributed by atoms with Gasteiger partial charge in [0.05, 0.1) is 40.7 Å². The fraction of sp³-hybridized carbons (Fsp3) is 0.500. The minimum atomic E-state index is -0.548. The molecule has 254 valence electrons. The highest BCUT2D eigenvalue weighted by Crippen LogP contribution is 2.39. The minimum absolute atomic E-state index is 0. The summed E-state index contributed by atoms with van der Waals surface area (Å²) in [6.45, 7) is 16.9. The number of nitrogens with zero attached hydrogens (tertiary/aromatic N) is 4. The third-order valence-electron chi connectivity index (χ3n) is 8.45. The summed E-state index contributed by atoms with van der Waals surface area (Å²) in [5.41, 5.74) is 2.89. The number of benzene rings is 1. The number of imidazole rings is 2. The average Bonchev–Trinajstić information content (AvgIpc) is 3.80. The van der Waals surface area contributed by atoms with Crippen LogP contribution in [0.5, 0.6) is 0 Å². The summed E-state index contributed by atoms with van der Waals surface area (Å²) >= 11 is 1.69. The summed E-state index contributed by atoms with van der Waals surface area (Å²) in [5.74, 6) is 2.30. The van der Waals surface area contributed by atoms with Crippen LogP contribution in [-0.2, 0) is 9.47 Å². The van der Waals surface area contributed by atoms with Crippen molar-refractivity contribution in [2.75, 3.05) is 13.1 Å². The number of nitrogens with one attached hydrogen (secondary N) is 2. The lowest BCUT2D eigenvalue weighted by atomic mass is 10.1. The van der Waals surface area contributed by atoms with Crippen molar-refractivity contribution in [3.8, 4) is 32.3 Å². The highest BCUT2D eigenvalue weighted by atomic mass is 32.1. The van der Waals surface area contributed by atoms with E-state index < -0.39 is 11.2 Å². The maximum atomic E-state index is 12.9. The molecule has 0 bridgehead atoms. The van der Waals surface area contributed by atoms with Crippen molar-refractivity contribution >= 4 is 23.5 Å². The number of H-pyrrole nitrogens is 2. The topological polar surface area (TPSA) is 116 Å². The summed E-state index contributed by atoms with van der Waals surface area (Å²) in [5, 5.41) is 0. The lowest BCUT2D eigenvalue weighted by Crippen LogP contribution is -2.37. The van der Waals surface area contributed by atoms with E-state index >= 15 is 0 Å². The number of hydrogen-bond donors (Lipinski definition) is 2. The number of ether oxygens (including phenoxy) is 2. The van der Waals surface area contributed by atoms with Gasteiger partial charge in [0.25, 0.3) is 0 Å². The molecule has 6 rings (SSSR count). The van der Waals surface area contributed by atoms with E-state index in [2.05, 4.69) is 65.2 Å². The standard InChI is InChI=1S/C36H46N6O4S.2H2/c1-21-15-27(41(19-21)33(43)45-35(3,4)5)31-37-17-25(39-31)23-9-11-24(12-10-23)29-13-14-30(47-29)26-18-38-32(40-26)28-16-22(2)20-42(28)34(44)46-36(6,7)8;;/h9-14,17-18,21-22,27-28H,15-16,19-20H2,1-8H3,(H,37,39)(H,38,40);2*1H/t21-,22-,27-,28-;;/m0../s1. The van der Waals surface area contributed by atoms with Crippen molar-refractivity contribution < 1.29 is 21.9 Å². The second kappa shape index (κ2) is 12.5. The molecule has 2 fully saturated rings. The molecular formula is C36H50N6O4S. The van der Waals surface area contributed by atoms with E-state index in [1.165, 1.54) is 0 Å². The van der Waals surface area contributed by atoms with Gasteiger partial charge in [-0.3, -0.25) is 9.80 Å².